The van der Waals surface area contributed by atoms with Crippen molar-refractivity contribution in [2.75, 3.05) is 33.9 Å². The molecule has 0 bridgehead atoms. The Balaban J connectivity index is 1.76. The van der Waals surface area contributed by atoms with Crippen LogP contribution in [0, 0.1) is 0 Å². The van der Waals surface area contributed by atoms with Gasteiger partial charge in [-0.05, 0) is 0 Å². The largest absolute Gasteiger partial charge is 0.496 e. The quantitative estimate of drug-likeness (QED) is 0.735. The lowest BCUT2D eigenvalue weighted by molar-refractivity contribution is -0.123. The van der Waals surface area contributed by atoms with Gasteiger partial charge in [0.15, 0.2) is 0 Å². The van der Waals surface area contributed by atoms with Gasteiger partial charge in [-0.1, -0.05) is 0 Å². The summed E-state index contributed by atoms with van der Waals surface area (Å²) in [6.07, 6.45) is -0.479. The van der Waals surface area contributed by atoms with Crippen LogP contribution >= 0.6 is 0 Å². The number of benzene rings is 1. The minimum atomic E-state index is -2.82. The van der Waals surface area contributed by atoms with Crippen LogP contribution in [0.15, 0.2) is 18.2 Å². The van der Waals surface area contributed by atoms with Gasteiger partial charge in [0, 0.05) is 24.6 Å². The molecule has 1 aliphatic heterocycles. The van der Waals surface area contributed by atoms with Crippen LogP contribution in [0.5, 0.6) is 17.2 Å². The van der Waals surface area contributed by atoms with Gasteiger partial charge in [-0.3, -0.25) is 10.1 Å². The number of rotatable bonds is 7. The van der Waals surface area contributed by atoms with Gasteiger partial charge in [0.1, 0.15) is 23.9 Å². The number of alkyl halides is 2. The van der Waals surface area contributed by atoms with Crippen molar-refractivity contribution in [2.24, 2.45) is 0 Å². The smallest absolute Gasteiger partial charge is 0.262 e. The van der Waals surface area contributed by atoms with E-state index in [0.29, 0.717) is 17.2 Å². The van der Waals surface area contributed by atoms with Crippen molar-refractivity contribution in [3.63, 3.8) is 0 Å². The van der Waals surface area contributed by atoms with Gasteiger partial charge in [0.05, 0.1) is 33.4 Å². The van der Waals surface area contributed by atoms with E-state index in [1.54, 1.807) is 18.2 Å². The highest BCUT2D eigenvalue weighted by Crippen LogP contribution is 2.27. The lowest BCUT2D eigenvalue weighted by Gasteiger charge is -2.13. The molecule has 1 fully saturated rings. The van der Waals surface area contributed by atoms with E-state index < -0.39 is 30.8 Å². The summed E-state index contributed by atoms with van der Waals surface area (Å²) in [5.74, 6) is -1.58. The summed E-state index contributed by atoms with van der Waals surface area (Å²) in [5.41, 5.74) is 0. The van der Waals surface area contributed by atoms with E-state index in [-0.39, 0.29) is 13.2 Å². The van der Waals surface area contributed by atoms with Crippen molar-refractivity contribution >= 4 is 5.91 Å². The lowest BCUT2D eigenvalue weighted by atomic mass is 10.2. The molecule has 1 atom stereocenters. The first-order valence-electron chi connectivity index (χ1n) is 7.18. The third-order valence-corrected chi connectivity index (χ3v) is 3.42. The van der Waals surface area contributed by atoms with E-state index in [1.807, 2.05) is 0 Å². The standard InChI is InChI=1S/C15H20F2N2O4/c1-21-10-5-11(22-2)7-12(6-10)23-4-3-18-14(20)13-8-15(16,17)9-19-13/h5-7,13,19H,3-4,8-9H2,1-2H3,(H,18,20). The second-order valence-corrected chi connectivity index (χ2v) is 5.18. The molecule has 0 aliphatic carbocycles. The molecule has 6 nitrogen and oxygen atoms in total. The first kappa shape index (κ1) is 17.3. The number of halogens is 2. The van der Waals surface area contributed by atoms with Crippen molar-refractivity contribution < 1.29 is 27.8 Å². The number of nitrogens with one attached hydrogen (secondary N) is 2. The Morgan fingerprint density at radius 3 is 2.39 bits per heavy atom. The summed E-state index contributed by atoms with van der Waals surface area (Å²) >= 11 is 0. The SMILES string of the molecule is COc1cc(OC)cc(OCCNC(=O)C2CC(F)(F)CN2)c1. The van der Waals surface area contributed by atoms with E-state index in [9.17, 15) is 13.6 Å². The maximum Gasteiger partial charge on any atom is 0.262 e. The van der Waals surface area contributed by atoms with E-state index >= 15 is 0 Å². The number of carbonyl (C=O) groups is 1. The Morgan fingerprint density at radius 2 is 1.87 bits per heavy atom. The van der Waals surface area contributed by atoms with Crippen LogP contribution in [0.2, 0.25) is 0 Å². The molecule has 2 rings (SSSR count). The Kier molecular flexibility index (Phi) is 5.59. The van der Waals surface area contributed by atoms with Crippen LogP contribution in [0.3, 0.4) is 0 Å². The fourth-order valence-electron chi connectivity index (χ4n) is 2.23. The van der Waals surface area contributed by atoms with Gasteiger partial charge in [0.25, 0.3) is 5.92 Å². The zero-order chi connectivity index (χ0) is 16.9. The van der Waals surface area contributed by atoms with E-state index in [0.717, 1.165) is 0 Å². The van der Waals surface area contributed by atoms with Crippen molar-refractivity contribution in [1.29, 1.82) is 0 Å². The first-order chi connectivity index (χ1) is 10.9. The van der Waals surface area contributed by atoms with Gasteiger partial charge >= 0.3 is 0 Å². The Hall–Kier alpha value is -2.09. The number of methoxy groups -OCH3 is 2. The van der Waals surface area contributed by atoms with Gasteiger partial charge < -0.3 is 19.5 Å². The lowest BCUT2D eigenvalue weighted by Crippen LogP contribution is -2.41. The second kappa shape index (κ2) is 7.45. The summed E-state index contributed by atoms with van der Waals surface area (Å²) in [6, 6.07) is 4.22. The van der Waals surface area contributed by atoms with Crippen LogP contribution in [-0.4, -0.2) is 51.8 Å². The van der Waals surface area contributed by atoms with Crippen LogP contribution < -0.4 is 24.8 Å². The molecule has 1 heterocycles. The molecule has 0 saturated carbocycles. The van der Waals surface area contributed by atoms with Crippen LogP contribution in [0.4, 0.5) is 8.78 Å². The molecular formula is C15H20F2N2O4. The summed E-state index contributed by atoms with van der Waals surface area (Å²) in [7, 11) is 3.06. The summed E-state index contributed by atoms with van der Waals surface area (Å²) in [4.78, 5) is 11.7. The molecule has 1 saturated heterocycles. The van der Waals surface area contributed by atoms with Crippen LogP contribution in [-0.2, 0) is 4.79 Å². The Morgan fingerprint density at radius 1 is 1.26 bits per heavy atom. The Labute approximate surface area is 133 Å². The molecule has 23 heavy (non-hydrogen) atoms. The molecule has 0 aromatic heterocycles. The molecule has 1 aliphatic rings. The number of amides is 1. The highest BCUT2D eigenvalue weighted by Gasteiger charge is 2.42. The fourth-order valence-corrected chi connectivity index (χ4v) is 2.23. The predicted molar refractivity (Wildman–Crippen MR) is 79.4 cm³/mol. The van der Waals surface area contributed by atoms with Crippen molar-refractivity contribution in [3.8, 4) is 17.2 Å². The molecule has 1 aromatic rings. The molecule has 128 valence electrons. The van der Waals surface area contributed by atoms with E-state index in [1.165, 1.54) is 14.2 Å². The van der Waals surface area contributed by atoms with Gasteiger partial charge in [-0.25, -0.2) is 8.78 Å². The van der Waals surface area contributed by atoms with Crippen LogP contribution in [0.1, 0.15) is 6.42 Å². The van der Waals surface area contributed by atoms with E-state index in [4.69, 9.17) is 14.2 Å². The molecular weight excluding hydrogens is 310 g/mol. The zero-order valence-corrected chi connectivity index (χ0v) is 13.0. The zero-order valence-electron chi connectivity index (χ0n) is 13.0. The molecule has 0 spiro atoms. The van der Waals surface area contributed by atoms with E-state index in [2.05, 4.69) is 10.6 Å². The van der Waals surface area contributed by atoms with Crippen molar-refractivity contribution in [1.82, 2.24) is 10.6 Å². The highest BCUT2D eigenvalue weighted by molar-refractivity contribution is 5.82. The van der Waals surface area contributed by atoms with Crippen molar-refractivity contribution in [3.05, 3.63) is 18.2 Å². The maximum absolute atomic E-state index is 13.0. The second-order valence-electron chi connectivity index (χ2n) is 5.18. The average Bonchev–Trinajstić information content (AvgIpc) is 2.91. The van der Waals surface area contributed by atoms with Gasteiger partial charge in [-0.2, -0.15) is 0 Å². The van der Waals surface area contributed by atoms with Gasteiger partial charge in [-0.15, -0.1) is 0 Å². The highest BCUT2D eigenvalue weighted by atomic mass is 19.3. The fraction of sp³-hybridized carbons (Fsp3) is 0.533. The molecule has 8 heteroatoms. The minimum absolute atomic E-state index is 0.200. The molecule has 1 amide bonds. The molecule has 1 aromatic carbocycles. The monoisotopic (exact) mass is 330 g/mol. The molecule has 2 N–H and O–H groups in total. The molecule has 1 unspecified atom stereocenters. The number of carbonyl (C=O) groups excluding carboxylic acids is 1. The summed E-state index contributed by atoms with van der Waals surface area (Å²) in [6.45, 7) is -0.0571. The van der Waals surface area contributed by atoms with Crippen LogP contribution in [0.25, 0.3) is 0 Å². The average molecular weight is 330 g/mol. The van der Waals surface area contributed by atoms with Crippen molar-refractivity contribution in [2.45, 2.75) is 18.4 Å². The number of ether oxygens (including phenoxy) is 3. The van der Waals surface area contributed by atoms with Gasteiger partial charge in [0.2, 0.25) is 5.91 Å². The summed E-state index contributed by atoms with van der Waals surface area (Å²) in [5, 5.41) is 5.07. The normalized spacial score (nSPS) is 19.2. The third kappa shape index (κ3) is 4.95. The predicted octanol–water partition coefficient (Wildman–Crippen LogP) is 1.20. The minimum Gasteiger partial charge on any atom is -0.496 e. The number of hydrogen-bond acceptors (Lipinski definition) is 5. The summed E-state index contributed by atoms with van der Waals surface area (Å²) < 4.78 is 41.8. The third-order valence-electron chi connectivity index (χ3n) is 3.42. The Bertz CT molecular complexity index is 532. The topological polar surface area (TPSA) is 68.8 Å². The molecule has 0 radical (unpaired) electrons. The number of hydrogen-bond donors (Lipinski definition) is 2. The first-order valence-corrected chi connectivity index (χ1v) is 7.18. The maximum atomic E-state index is 13.0.